The zero-order valence-electron chi connectivity index (χ0n) is 16.1. The highest BCUT2D eigenvalue weighted by molar-refractivity contribution is 7.91. The molecule has 1 heterocycles. The second-order valence-electron chi connectivity index (χ2n) is 6.45. The fourth-order valence-electron chi connectivity index (χ4n) is 2.54. The van der Waals surface area contributed by atoms with Gasteiger partial charge in [0.25, 0.3) is 0 Å². The molecule has 0 fully saturated rings. The summed E-state index contributed by atoms with van der Waals surface area (Å²) in [6, 6.07) is 13.3. The zero-order valence-corrected chi connectivity index (χ0v) is 18.5. The third-order valence-corrected chi connectivity index (χ3v) is 7.89. The standard InChI is InChI=1S/C19H18ClN3O6S2/c20-14-6-8-16(9-7-14)30(25,26)12-10-17(24)21-19-23-22-18(29-19)11-13-31(27,28)15-4-2-1-3-5-15/h1-9H,10-13H2,(H,21,23,24). The summed E-state index contributed by atoms with van der Waals surface area (Å²) in [5.41, 5.74) is 0. The lowest BCUT2D eigenvalue weighted by molar-refractivity contribution is -0.116. The number of sulfone groups is 2. The van der Waals surface area contributed by atoms with E-state index in [0.717, 1.165) is 0 Å². The molecule has 1 amide bonds. The van der Waals surface area contributed by atoms with Crippen molar-refractivity contribution in [3.8, 4) is 0 Å². The van der Waals surface area contributed by atoms with Crippen LogP contribution in [0.1, 0.15) is 12.3 Å². The summed E-state index contributed by atoms with van der Waals surface area (Å²) in [7, 11) is -7.18. The second-order valence-corrected chi connectivity index (χ2v) is 11.1. The Hall–Kier alpha value is -2.76. The molecule has 0 aliphatic carbocycles. The number of nitrogens with one attached hydrogen (secondary N) is 1. The number of aromatic nitrogens is 2. The molecule has 0 aliphatic rings. The van der Waals surface area contributed by atoms with Gasteiger partial charge in [-0.15, -0.1) is 5.10 Å². The molecular formula is C19H18ClN3O6S2. The largest absolute Gasteiger partial charge is 0.408 e. The SMILES string of the molecule is O=C(CCS(=O)(=O)c1ccc(Cl)cc1)Nc1nnc(CCS(=O)(=O)c2ccccc2)o1. The van der Waals surface area contributed by atoms with Gasteiger partial charge in [0.1, 0.15) is 0 Å². The van der Waals surface area contributed by atoms with Gasteiger partial charge in [-0.2, -0.15) is 0 Å². The Labute approximate surface area is 184 Å². The number of amides is 1. The quantitative estimate of drug-likeness (QED) is 0.490. The van der Waals surface area contributed by atoms with Crippen LogP contribution in [0.5, 0.6) is 0 Å². The lowest BCUT2D eigenvalue weighted by Gasteiger charge is -2.04. The Kier molecular flexibility index (Phi) is 7.08. The van der Waals surface area contributed by atoms with Crippen LogP contribution in [0.25, 0.3) is 0 Å². The van der Waals surface area contributed by atoms with Crippen molar-refractivity contribution < 1.29 is 26.0 Å². The van der Waals surface area contributed by atoms with Gasteiger partial charge >= 0.3 is 6.01 Å². The number of aryl methyl sites for hydroxylation is 1. The first-order valence-corrected chi connectivity index (χ1v) is 12.7. The third-order valence-electron chi connectivity index (χ3n) is 4.17. The van der Waals surface area contributed by atoms with Crippen LogP contribution >= 0.6 is 11.6 Å². The molecule has 2 aromatic carbocycles. The molecular weight excluding hydrogens is 466 g/mol. The number of rotatable bonds is 9. The summed E-state index contributed by atoms with van der Waals surface area (Å²) in [4.78, 5) is 12.3. The molecule has 0 spiro atoms. The number of carbonyl (C=O) groups is 1. The van der Waals surface area contributed by atoms with Crippen molar-refractivity contribution in [1.82, 2.24) is 10.2 Å². The van der Waals surface area contributed by atoms with Gasteiger partial charge in [0.05, 0.1) is 21.3 Å². The normalized spacial score (nSPS) is 11.9. The fraction of sp³-hybridized carbons (Fsp3) is 0.211. The zero-order chi connectivity index (χ0) is 22.5. The second kappa shape index (κ2) is 9.58. The van der Waals surface area contributed by atoms with Gasteiger partial charge in [0.2, 0.25) is 11.8 Å². The predicted octanol–water partition coefficient (Wildman–Crippen LogP) is 2.54. The average molecular weight is 484 g/mol. The highest BCUT2D eigenvalue weighted by Gasteiger charge is 2.19. The van der Waals surface area contributed by atoms with E-state index in [9.17, 15) is 21.6 Å². The molecule has 3 aromatic rings. The summed E-state index contributed by atoms with van der Waals surface area (Å²) in [6.07, 6.45) is -0.365. The maximum atomic E-state index is 12.3. The summed E-state index contributed by atoms with van der Waals surface area (Å²) >= 11 is 5.74. The van der Waals surface area contributed by atoms with E-state index >= 15 is 0 Å². The van der Waals surface area contributed by atoms with E-state index in [1.165, 1.54) is 36.4 Å². The number of hydrogen-bond donors (Lipinski definition) is 1. The van der Waals surface area contributed by atoms with Crippen LogP contribution in [0, 0.1) is 0 Å². The fourth-order valence-corrected chi connectivity index (χ4v) is 5.16. The lowest BCUT2D eigenvalue weighted by atomic mass is 10.4. The Morgan fingerprint density at radius 2 is 1.48 bits per heavy atom. The van der Waals surface area contributed by atoms with Crippen molar-refractivity contribution in [1.29, 1.82) is 0 Å². The van der Waals surface area contributed by atoms with Crippen LogP contribution in [0.4, 0.5) is 6.01 Å². The first-order chi connectivity index (χ1) is 14.7. The van der Waals surface area contributed by atoms with Crippen LogP contribution in [-0.4, -0.2) is 44.4 Å². The van der Waals surface area contributed by atoms with E-state index in [4.69, 9.17) is 16.0 Å². The summed E-state index contributed by atoms with van der Waals surface area (Å²) < 4.78 is 54.3. The first kappa shape index (κ1) is 22.9. The Balaban J connectivity index is 1.52. The molecule has 1 N–H and O–H groups in total. The maximum absolute atomic E-state index is 12.3. The van der Waals surface area contributed by atoms with Crippen molar-refractivity contribution in [3.05, 3.63) is 65.5 Å². The minimum atomic E-state index is -3.66. The van der Waals surface area contributed by atoms with Crippen molar-refractivity contribution in [2.75, 3.05) is 16.8 Å². The molecule has 0 bridgehead atoms. The molecule has 0 atom stereocenters. The number of hydrogen-bond acceptors (Lipinski definition) is 8. The van der Waals surface area contributed by atoms with Crippen LogP contribution in [-0.2, 0) is 30.9 Å². The van der Waals surface area contributed by atoms with Gasteiger partial charge in [-0.1, -0.05) is 34.9 Å². The highest BCUT2D eigenvalue weighted by Crippen LogP contribution is 2.17. The number of benzene rings is 2. The van der Waals surface area contributed by atoms with Gasteiger partial charge in [-0.25, -0.2) is 16.8 Å². The molecule has 0 radical (unpaired) electrons. The van der Waals surface area contributed by atoms with E-state index in [2.05, 4.69) is 15.5 Å². The van der Waals surface area contributed by atoms with Crippen molar-refractivity contribution in [2.45, 2.75) is 22.6 Å². The van der Waals surface area contributed by atoms with Crippen LogP contribution < -0.4 is 5.32 Å². The van der Waals surface area contributed by atoms with Gasteiger partial charge in [-0.3, -0.25) is 10.1 Å². The Morgan fingerprint density at radius 3 is 2.16 bits per heavy atom. The first-order valence-electron chi connectivity index (χ1n) is 9.04. The van der Waals surface area contributed by atoms with Gasteiger partial charge < -0.3 is 4.42 Å². The van der Waals surface area contributed by atoms with E-state index < -0.39 is 31.3 Å². The molecule has 31 heavy (non-hydrogen) atoms. The van der Waals surface area contributed by atoms with E-state index in [1.807, 2.05) is 0 Å². The maximum Gasteiger partial charge on any atom is 0.322 e. The topological polar surface area (TPSA) is 136 Å². The Bertz CT molecular complexity index is 1260. The van der Waals surface area contributed by atoms with Gasteiger partial charge in [-0.05, 0) is 36.4 Å². The minimum absolute atomic E-state index is 0.0311. The molecule has 0 saturated carbocycles. The number of nitrogens with zero attached hydrogens (tertiary/aromatic N) is 2. The van der Waals surface area contributed by atoms with Gasteiger partial charge in [0, 0.05) is 17.9 Å². The smallest absolute Gasteiger partial charge is 0.322 e. The third kappa shape index (κ3) is 6.36. The molecule has 0 unspecified atom stereocenters. The van der Waals surface area contributed by atoms with Crippen molar-refractivity contribution in [3.63, 3.8) is 0 Å². The van der Waals surface area contributed by atoms with Crippen LogP contribution in [0.2, 0.25) is 5.02 Å². The highest BCUT2D eigenvalue weighted by atomic mass is 35.5. The Morgan fingerprint density at radius 1 is 0.871 bits per heavy atom. The summed E-state index contributed by atoms with van der Waals surface area (Å²) in [5, 5.41) is 10.1. The minimum Gasteiger partial charge on any atom is -0.408 e. The number of carbonyl (C=O) groups excluding carboxylic acids is 1. The monoisotopic (exact) mass is 483 g/mol. The van der Waals surface area contributed by atoms with E-state index in [0.29, 0.717) is 5.02 Å². The molecule has 0 aliphatic heterocycles. The summed E-state index contributed by atoms with van der Waals surface area (Å²) in [5.74, 6) is -1.27. The molecule has 164 valence electrons. The molecule has 3 rings (SSSR count). The van der Waals surface area contributed by atoms with E-state index in [1.54, 1.807) is 18.2 Å². The van der Waals surface area contributed by atoms with Crippen LogP contribution in [0.3, 0.4) is 0 Å². The number of halogens is 1. The van der Waals surface area contributed by atoms with E-state index in [-0.39, 0.29) is 40.3 Å². The summed E-state index contributed by atoms with van der Waals surface area (Å²) in [6.45, 7) is 0. The average Bonchev–Trinajstić information content (AvgIpc) is 3.19. The number of anilines is 1. The molecule has 12 heteroatoms. The molecule has 0 saturated heterocycles. The molecule has 9 nitrogen and oxygen atoms in total. The lowest BCUT2D eigenvalue weighted by Crippen LogP contribution is -2.17. The van der Waals surface area contributed by atoms with Crippen molar-refractivity contribution >= 4 is 43.2 Å². The van der Waals surface area contributed by atoms with Crippen LogP contribution in [0.15, 0.2) is 68.8 Å². The molecule has 1 aromatic heterocycles. The van der Waals surface area contributed by atoms with Gasteiger partial charge in [0.15, 0.2) is 19.7 Å². The predicted molar refractivity (Wildman–Crippen MR) is 113 cm³/mol. The van der Waals surface area contributed by atoms with Crippen molar-refractivity contribution in [2.24, 2.45) is 0 Å².